The van der Waals surface area contributed by atoms with Crippen molar-refractivity contribution in [3.8, 4) is 0 Å². The largest absolute Gasteiger partial charge is 0.382 e. The van der Waals surface area contributed by atoms with Crippen LogP contribution in [0, 0.1) is 0 Å². The van der Waals surface area contributed by atoms with Crippen LogP contribution >= 0.6 is 24.0 Å². The highest BCUT2D eigenvalue weighted by Gasteiger charge is 1.93. The highest BCUT2D eigenvalue weighted by Crippen LogP contribution is 1.75. The van der Waals surface area contributed by atoms with E-state index in [9.17, 15) is 0 Å². The highest BCUT2D eigenvalue weighted by molar-refractivity contribution is 14.0. The molecule has 0 spiro atoms. The second-order valence-corrected chi connectivity index (χ2v) is 2.77. The van der Waals surface area contributed by atoms with Crippen molar-refractivity contribution < 1.29 is 9.47 Å². The average Bonchev–Trinajstić information content (AvgIpc) is 2.27. The second-order valence-electron chi connectivity index (χ2n) is 2.77. The lowest BCUT2D eigenvalue weighted by molar-refractivity contribution is 0.0733. The van der Waals surface area contributed by atoms with E-state index in [1.165, 1.54) is 0 Å². The fourth-order valence-electron chi connectivity index (χ4n) is 0.875. The number of aliphatic imine (C=N–C) groups is 1. The van der Waals surface area contributed by atoms with Gasteiger partial charge in [0.1, 0.15) is 0 Å². The van der Waals surface area contributed by atoms with Crippen molar-refractivity contribution >= 4 is 29.9 Å². The van der Waals surface area contributed by atoms with Gasteiger partial charge in [0.05, 0.1) is 19.8 Å². The zero-order chi connectivity index (χ0) is 11.4. The van der Waals surface area contributed by atoms with Crippen molar-refractivity contribution in [3.05, 3.63) is 12.7 Å². The maximum absolute atomic E-state index is 5.28. The van der Waals surface area contributed by atoms with Crippen LogP contribution < -0.4 is 10.6 Å². The normalized spacial score (nSPS) is 10.5. The van der Waals surface area contributed by atoms with Crippen molar-refractivity contribution in [2.24, 2.45) is 4.99 Å². The summed E-state index contributed by atoms with van der Waals surface area (Å²) in [7, 11) is 3.38. The van der Waals surface area contributed by atoms with Gasteiger partial charge in [0.25, 0.3) is 0 Å². The number of nitrogens with one attached hydrogen (secondary N) is 2. The summed E-state index contributed by atoms with van der Waals surface area (Å²) in [6, 6.07) is 0. The molecule has 0 radical (unpaired) electrons. The SMILES string of the molecule is C=CCNC(=NC)NCCOCCOC.I. The lowest BCUT2D eigenvalue weighted by atomic mass is 10.6. The van der Waals surface area contributed by atoms with Crippen LogP contribution in [0.3, 0.4) is 0 Å². The quantitative estimate of drug-likeness (QED) is 0.223. The molecule has 0 fully saturated rings. The molecule has 2 N–H and O–H groups in total. The Balaban J connectivity index is 0. The number of hydrogen-bond donors (Lipinski definition) is 2. The van der Waals surface area contributed by atoms with Gasteiger partial charge in [0, 0.05) is 27.2 Å². The number of methoxy groups -OCH3 is 1. The minimum absolute atomic E-state index is 0. The van der Waals surface area contributed by atoms with Gasteiger partial charge >= 0.3 is 0 Å². The van der Waals surface area contributed by atoms with Gasteiger partial charge < -0.3 is 20.1 Å². The smallest absolute Gasteiger partial charge is 0.191 e. The summed E-state index contributed by atoms with van der Waals surface area (Å²) in [6.45, 7) is 6.92. The summed E-state index contributed by atoms with van der Waals surface area (Å²) in [5.41, 5.74) is 0. The van der Waals surface area contributed by atoms with Gasteiger partial charge in [-0.05, 0) is 0 Å². The van der Waals surface area contributed by atoms with Crippen molar-refractivity contribution in [3.63, 3.8) is 0 Å². The van der Waals surface area contributed by atoms with Crippen LogP contribution in [0.15, 0.2) is 17.6 Å². The topological polar surface area (TPSA) is 54.9 Å². The van der Waals surface area contributed by atoms with Gasteiger partial charge in [-0.1, -0.05) is 6.08 Å². The number of rotatable bonds is 8. The van der Waals surface area contributed by atoms with E-state index in [4.69, 9.17) is 9.47 Å². The van der Waals surface area contributed by atoms with Gasteiger partial charge in [0.2, 0.25) is 0 Å². The Bertz CT molecular complexity index is 189. The molecule has 6 heteroatoms. The maximum atomic E-state index is 5.28. The minimum atomic E-state index is 0. The molecule has 0 amide bonds. The first-order valence-corrected chi connectivity index (χ1v) is 4.97. The molecule has 0 rings (SSSR count). The first-order chi connectivity index (χ1) is 7.35. The number of ether oxygens (including phenoxy) is 2. The van der Waals surface area contributed by atoms with E-state index in [2.05, 4.69) is 22.2 Å². The third kappa shape index (κ3) is 11.7. The Hall–Kier alpha value is -0.340. The molecule has 0 aromatic rings. The minimum Gasteiger partial charge on any atom is -0.382 e. The number of nitrogens with zero attached hydrogens (tertiary/aromatic N) is 1. The Kier molecular flexibility index (Phi) is 16.5. The average molecular weight is 343 g/mol. The first kappa shape index (κ1) is 18.0. The van der Waals surface area contributed by atoms with Gasteiger partial charge in [0.15, 0.2) is 5.96 Å². The Morgan fingerprint density at radius 2 is 2.06 bits per heavy atom. The summed E-state index contributed by atoms with van der Waals surface area (Å²) >= 11 is 0. The van der Waals surface area contributed by atoms with Crippen molar-refractivity contribution in [1.29, 1.82) is 0 Å². The van der Waals surface area contributed by atoms with Crippen LogP contribution in [-0.2, 0) is 9.47 Å². The molecule has 0 unspecified atom stereocenters. The number of hydrogen-bond acceptors (Lipinski definition) is 3. The lowest BCUT2D eigenvalue weighted by Crippen LogP contribution is -2.39. The third-order valence-corrected chi connectivity index (χ3v) is 1.61. The summed E-state index contributed by atoms with van der Waals surface area (Å²) in [4.78, 5) is 4.03. The van der Waals surface area contributed by atoms with Crippen molar-refractivity contribution in [2.45, 2.75) is 0 Å². The molecule has 0 aromatic carbocycles. The monoisotopic (exact) mass is 343 g/mol. The van der Waals surface area contributed by atoms with Crippen LogP contribution in [0.1, 0.15) is 0 Å². The van der Waals surface area contributed by atoms with Crippen molar-refractivity contribution in [2.75, 3.05) is 47.1 Å². The van der Waals surface area contributed by atoms with E-state index >= 15 is 0 Å². The molecular weight excluding hydrogens is 321 g/mol. The summed E-state index contributed by atoms with van der Waals surface area (Å²) in [6.07, 6.45) is 1.78. The molecule has 16 heavy (non-hydrogen) atoms. The summed E-state index contributed by atoms with van der Waals surface area (Å²) < 4.78 is 10.1. The Labute approximate surface area is 115 Å². The fourth-order valence-corrected chi connectivity index (χ4v) is 0.875. The first-order valence-electron chi connectivity index (χ1n) is 4.97. The van der Waals surface area contributed by atoms with Crippen molar-refractivity contribution in [1.82, 2.24) is 10.6 Å². The molecule has 5 nitrogen and oxygen atoms in total. The van der Waals surface area contributed by atoms with E-state index in [-0.39, 0.29) is 24.0 Å². The molecule has 0 atom stereocenters. The Morgan fingerprint density at radius 3 is 2.62 bits per heavy atom. The summed E-state index contributed by atoms with van der Waals surface area (Å²) in [5, 5.41) is 6.17. The molecule has 0 aliphatic rings. The predicted molar refractivity (Wildman–Crippen MR) is 77.7 cm³/mol. The van der Waals surface area contributed by atoms with E-state index < -0.39 is 0 Å². The zero-order valence-electron chi connectivity index (χ0n) is 9.99. The van der Waals surface area contributed by atoms with Gasteiger partial charge in [-0.3, -0.25) is 4.99 Å². The molecule has 0 aromatic heterocycles. The highest BCUT2D eigenvalue weighted by atomic mass is 127. The molecule has 0 saturated carbocycles. The number of guanidine groups is 1. The molecule has 0 heterocycles. The van der Waals surface area contributed by atoms with E-state index in [1.54, 1.807) is 20.2 Å². The van der Waals surface area contributed by atoms with Gasteiger partial charge in [-0.2, -0.15) is 0 Å². The van der Waals surface area contributed by atoms with Gasteiger partial charge in [-0.25, -0.2) is 0 Å². The van der Waals surface area contributed by atoms with E-state index in [0.29, 0.717) is 26.4 Å². The van der Waals surface area contributed by atoms with E-state index in [1.807, 2.05) is 0 Å². The molecular formula is C10H22IN3O2. The standard InChI is InChI=1S/C10H21N3O2.HI/c1-4-5-12-10(11-2)13-6-7-15-9-8-14-3;/h4H,1,5-9H2,2-3H3,(H2,11,12,13);1H. The Morgan fingerprint density at radius 1 is 1.31 bits per heavy atom. The second kappa shape index (κ2) is 14.7. The number of halogens is 1. The molecule has 0 aliphatic carbocycles. The zero-order valence-corrected chi connectivity index (χ0v) is 12.3. The summed E-state index contributed by atoms with van der Waals surface area (Å²) in [5.74, 6) is 0.755. The molecule has 0 saturated heterocycles. The third-order valence-electron chi connectivity index (χ3n) is 1.61. The fraction of sp³-hybridized carbons (Fsp3) is 0.700. The predicted octanol–water partition coefficient (Wildman–Crippen LogP) is 0.618. The molecule has 96 valence electrons. The van der Waals surface area contributed by atoms with E-state index in [0.717, 1.165) is 12.5 Å². The molecule has 0 aliphatic heterocycles. The van der Waals surface area contributed by atoms with Crippen LogP contribution in [0.5, 0.6) is 0 Å². The van der Waals surface area contributed by atoms with Crippen LogP contribution in [0.25, 0.3) is 0 Å². The van der Waals surface area contributed by atoms with Crippen LogP contribution in [0.2, 0.25) is 0 Å². The van der Waals surface area contributed by atoms with Crippen LogP contribution in [0.4, 0.5) is 0 Å². The van der Waals surface area contributed by atoms with Gasteiger partial charge in [-0.15, -0.1) is 30.6 Å². The molecule has 0 bridgehead atoms. The lowest BCUT2D eigenvalue weighted by Gasteiger charge is -2.10. The van der Waals surface area contributed by atoms with Crippen LogP contribution in [-0.4, -0.2) is 53.0 Å². The maximum Gasteiger partial charge on any atom is 0.191 e.